The number of methoxy groups -OCH3 is 1. The first kappa shape index (κ1) is 21.5. The molecule has 0 unspecified atom stereocenters. The summed E-state index contributed by atoms with van der Waals surface area (Å²) in [6.45, 7) is 9.01. The second-order valence-electron chi connectivity index (χ2n) is 6.57. The van der Waals surface area contributed by atoms with E-state index in [1.54, 1.807) is 20.8 Å². The highest BCUT2D eigenvalue weighted by Crippen LogP contribution is 2.10. The SMILES string of the molecule is COC(=O)[C@H](CCl)NC(=O)[C@H](CC(C)C)NC(=O)OC(C)(C)C. The van der Waals surface area contributed by atoms with Crippen molar-refractivity contribution < 1.29 is 23.9 Å². The van der Waals surface area contributed by atoms with Gasteiger partial charge in [0, 0.05) is 0 Å². The number of ether oxygens (including phenoxy) is 2. The highest BCUT2D eigenvalue weighted by Gasteiger charge is 2.28. The van der Waals surface area contributed by atoms with Gasteiger partial charge in [-0.15, -0.1) is 11.6 Å². The molecule has 0 rings (SSSR count). The molecule has 2 N–H and O–H groups in total. The van der Waals surface area contributed by atoms with Gasteiger partial charge in [0.15, 0.2) is 0 Å². The van der Waals surface area contributed by atoms with Gasteiger partial charge in [-0.05, 0) is 33.1 Å². The van der Waals surface area contributed by atoms with Crippen molar-refractivity contribution in [3.8, 4) is 0 Å². The molecule has 0 aromatic rings. The van der Waals surface area contributed by atoms with E-state index in [9.17, 15) is 14.4 Å². The molecule has 8 heteroatoms. The van der Waals surface area contributed by atoms with Crippen LogP contribution in [0.1, 0.15) is 41.0 Å². The molecule has 0 fully saturated rings. The number of alkyl carbamates (subject to hydrolysis) is 1. The average molecular weight is 351 g/mol. The Morgan fingerprint density at radius 2 is 1.65 bits per heavy atom. The van der Waals surface area contributed by atoms with Crippen molar-refractivity contribution in [3.05, 3.63) is 0 Å². The number of halogens is 1. The van der Waals surface area contributed by atoms with Gasteiger partial charge < -0.3 is 20.1 Å². The van der Waals surface area contributed by atoms with E-state index in [1.165, 1.54) is 7.11 Å². The molecule has 0 saturated carbocycles. The van der Waals surface area contributed by atoms with Crippen molar-refractivity contribution in [1.82, 2.24) is 10.6 Å². The van der Waals surface area contributed by atoms with E-state index in [1.807, 2.05) is 13.8 Å². The van der Waals surface area contributed by atoms with E-state index in [4.69, 9.17) is 16.3 Å². The Labute approximate surface area is 142 Å². The van der Waals surface area contributed by atoms with Gasteiger partial charge in [0.05, 0.1) is 13.0 Å². The van der Waals surface area contributed by atoms with Gasteiger partial charge >= 0.3 is 12.1 Å². The lowest BCUT2D eigenvalue weighted by atomic mass is 10.0. The Morgan fingerprint density at radius 1 is 1.09 bits per heavy atom. The molecule has 0 aliphatic carbocycles. The minimum absolute atomic E-state index is 0.126. The summed E-state index contributed by atoms with van der Waals surface area (Å²) < 4.78 is 9.71. The van der Waals surface area contributed by atoms with Crippen LogP contribution in [-0.2, 0) is 19.1 Å². The highest BCUT2D eigenvalue weighted by molar-refractivity contribution is 6.20. The molecule has 0 spiro atoms. The second-order valence-corrected chi connectivity index (χ2v) is 6.88. The van der Waals surface area contributed by atoms with Crippen molar-refractivity contribution in [3.63, 3.8) is 0 Å². The van der Waals surface area contributed by atoms with Gasteiger partial charge in [-0.25, -0.2) is 9.59 Å². The lowest BCUT2D eigenvalue weighted by Crippen LogP contribution is -2.53. The third kappa shape index (κ3) is 9.28. The largest absolute Gasteiger partial charge is 0.467 e. The summed E-state index contributed by atoms with van der Waals surface area (Å²) >= 11 is 5.66. The highest BCUT2D eigenvalue weighted by atomic mass is 35.5. The van der Waals surface area contributed by atoms with Crippen LogP contribution in [0.3, 0.4) is 0 Å². The van der Waals surface area contributed by atoms with Gasteiger partial charge in [-0.3, -0.25) is 4.79 Å². The number of hydrogen-bond acceptors (Lipinski definition) is 5. The van der Waals surface area contributed by atoms with E-state index in [0.29, 0.717) is 6.42 Å². The predicted molar refractivity (Wildman–Crippen MR) is 87.3 cm³/mol. The van der Waals surface area contributed by atoms with Crippen LogP contribution in [0.15, 0.2) is 0 Å². The number of nitrogens with one attached hydrogen (secondary N) is 2. The Hall–Kier alpha value is -1.50. The Balaban J connectivity index is 4.91. The molecule has 134 valence electrons. The maximum absolute atomic E-state index is 12.3. The summed E-state index contributed by atoms with van der Waals surface area (Å²) in [5, 5.41) is 5.00. The first-order valence-electron chi connectivity index (χ1n) is 7.43. The Morgan fingerprint density at radius 3 is 2.04 bits per heavy atom. The lowest BCUT2D eigenvalue weighted by Gasteiger charge is -2.25. The number of hydrogen-bond donors (Lipinski definition) is 2. The van der Waals surface area contributed by atoms with Crippen LogP contribution < -0.4 is 10.6 Å². The van der Waals surface area contributed by atoms with Gasteiger partial charge in [0.2, 0.25) is 5.91 Å². The summed E-state index contributed by atoms with van der Waals surface area (Å²) in [5.41, 5.74) is -0.673. The average Bonchev–Trinajstić information content (AvgIpc) is 2.40. The first-order chi connectivity index (χ1) is 10.5. The first-order valence-corrected chi connectivity index (χ1v) is 7.97. The number of alkyl halides is 1. The molecule has 7 nitrogen and oxygen atoms in total. The lowest BCUT2D eigenvalue weighted by molar-refractivity contribution is -0.144. The van der Waals surface area contributed by atoms with Gasteiger partial charge in [0.25, 0.3) is 0 Å². The number of carbonyl (C=O) groups excluding carboxylic acids is 3. The van der Waals surface area contributed by atoms with Crippen molar-refractivity contribution in [2.75, 3.05) is 13.0 Å². The van der Waals surface area contributed by atoms with Crippen LogP contribution in [0.4, 0.5) is 4.79 Å². The molecule has 0 saturated heterocycles. The molecular weight excluding hydrogens is 324 g/mol. The van der Waals surface area contributed by atoms with E-state index in [2.05, 4.69) is 15.4 Å². The van der Waals surface area contributed by atoms with Gasteiger partial charge in [-0.2, -0.15) is 0 Å². The predicted octanol–water partition coefficient (Wildman–Crippen LogP) is 1.82. The van der Waals surface area contributed by atoms with Crippen LogP contribution in [-0.4, -0.2) is 48.6 Å². The van der Waals surface area contributed by atoms with E-state index in [0.717, 1.165) is 0 Å². The standard InChI is InChI=1S/C15H27ClN2O5/c1-9(2)7-10(18-14(21)23-15(3,4)5)12(19)17-11(8-16)13(20)22-6/h9-11H,7-8H2,1-6H3,(H,17,19)(H,18,21)/t10-,11-/m0/s1. The van der Waals surface area contributed by atoms with Crippen LogP contribution in [0.25, 0.3) is 0 Å². The maximum Gasteiger partial charge on any atom is 0.408 e. The fraction of sp³-hybridized carbons (Fsp3) is 0.800. The number of esters is 1. The quantitative estimate of drug-likeness (QED) is 0.539. The molecule has 0 aromatic heterocycles. The third-order valence-electron chi connectivity index (χ3n) is 2.67. The Bertz CT molecular complexity index is 421. The minimum Gasteiger partial charge on any atom is -0.467 e. The van der Waals surface area contributed by atoms with Crippen LogP contribution in [0.2, 0.25) is 0 Å². The van der Waals surface area contributed by atoms with Crippen molar-refractivity contribution in [2.24, 2.45) is 5.92 Å². The van der Waals surface area contributed by atoms with Crippen molar-refractivity contribution in [1.29, 1.82) is 0 Å². The third-order valence-corrected chi connectivity index (χ3v) is 2.98. The normalized spacial score (nSPS) is 13.9. The summed E-state index contributed by atoms with van der Waals surface area (Å²) in [6.07, 6.45) is -0.305. The zero-order valence-electron chi connectivity index (χ0n) is 14.6. The van der Waals surface area contributed by atoms with Crippen LogP contribution >= 0.6 is 11.6 Å². The van der Waals surface area contributed by atoms with E-state index >= 15 is 0 Å². The number of carbonyl (C=O) groups is 3. The number of rotatable bonds is 7. The minimum atomic E-state index is -0.968. The fourth-order valence-corrected chi connectivity index (χ4v) is 1.93. The molecule has 2 atom stereocenters. The van der Waals surface area contributed by atoms with E-state index in [-0.39, 0.29) is 11.8 Å². The summed E-state index contributed by atoms with van der Waals surface area (Å²) in [6, 6.07) is -1.80. The summed E-state index contributed by atoms with van der Waals surface area (Å²) in [4.78, 5) is 35.7. The summed E-state index contributed by atoms with van der Waals surface area (Å²) in [7, 11) is 1.21. The topological polar surface area (TPSA) is 93.7 Å². The second kappa shape index (κ2) is 9.60. The molecule has 0 aliphatic heterocycles. The molecule has 0 radical (unpaired) electrons. The Kier molecular flexibility index (Phi) is 8.97. The van der Waals surface area contributed by atoms with Gasteiger partial charge in [-0.1, -0.05) is 13.8 Å². The monoisotopic (exact) mass is 350 g/mol. The van der Waals surface area contributed by atoms with Crippen molar-refractivity contribution in [2.45, 2.75) is 58.7 Å². The molecule has 0 bridgehead atoms. The molecule has 2 amide bonds. The van der Waals surface area contributed by atoms with Crippen LogP contribution in [0.5, 0.6) is 0 Å². The zero-order chi connectivity index (χ0) is 18.2. The molecule has 0 aromatic carbocycles. The smallest absolute Gasteiger partial charge is 0.408 e. The molecule has 0 aliphatic rings. The van der Waals surface area contributed by atoms with Crippen molar-refractivity contribution >= 4 is 29.6 Å². The van der Waals surface area contributed by atoms with Crippen LogP contribution in [0, 0.1) is 5.92 Å². The zero-order valence-corrected chi connectivity index (χ0v) is 15.3. The molecular formula is C15H27ClN2O5. The summed E-state index contributed by atoms with van der Waals surface area (Å²) in [5.74, 6) is -1.14. The molecule has 0 heterocycles. The van der Waals surface area contributed by atoms with E-state index < -0.39 is 35.7 Å². The fourth-order valence-electron chi connectivity index (χ4n) is 1.73. The number of amides is 2. The molecule has 23 heavy (non-hydrogen) atoms. The van der Waals surface area contributed by atoms with Gasteiger partial charge in [0.1, 0.15) is 17.7 Å². The maximum atomic E-state index is 12.3.